The summed E-state index contributed by atoms with van der Waals surface area (Å²) >= 11 is 3.44. The number of fused-ring (bicyclic) bond motifs is 1. The summed E-state index contributed by atoms with van der Waals surface area (Å²) in [5.74, 6) is -0.932. The van der Waals surface area contributed by atoms with Gasteiger partial charge in [0.25, 0.3) is 0 Å². The molecule has 148 valence electrons. The van der Waals surface area contributed by atoms with Crippen LogP contribution in [0.2, 0.25) is 5.02 Å². The molecule has 0 radical (unpaired) electrons. The summed E-state index contributed by atoms with van der Waals surface area (Å²) in [6.45, 7) is 0. The number of carboxylic acid groups (broad SMARTS) is 1. The maximum Gasteiger partial charge on any atom is 0.326 e. The normalized spacial score (nSPS) is 13.4. The highest BCUT2D eigenvalue weighted by Gasteiger charge is 2.22. The van der Waals surface area contributed by atoms with E-state index in [0.717, 1.165) is 5.56 Å². The minimum Gasteiger partial charge on any atom is -0.480 e. The van der Waals surface area contributed by atoms with Gasteiger partial charge < -0.3 is 9.67 Å². The third-order valence-electron chi connectivity index (χ3n) is 4.50. The molecule has 9 heteroatoms. The average Bonchev–Trinajstić information content (AvgIpc) is 3.06. The Balaban J connectivity index is 1.90. The van der Waals surface area contributed by atoms with Crippen molar-refractivity contribution in [1.82, 2.24) is 4.57 Å². The first-order valence-corrected chi connectivity index (χ1v) is 9.87. The third-order valence-corrected chi connectivity index (χ3v) is 5.10. The van der Waals surface area contributed by atoms with Crippen LogP contribution in [0, 0.1) is 0 Å². The first-order chi connectivity index (χ1) is 13.4. The summed E-state index contributed by atoms with van der Waals surface area (Å²) in [5, 5.41) is 12.3. The molecule has 2 N–H and O–H groups in total. The fourth-order valence-corrected chi connectivity index (χ4v) is 3.59. The van der Waals surface area contributed by atoms with Gasteiger partial charge in [-0.05, 0) is 48.7 Å². The monoisotopic (exact) mass is 422 g/mol. The highest BCUT2D eigenvalue weighted by atomic mass is 35.5. The number of halogens is 1. The zero-order valence-corrected chi connectivity index (χ0v) is 16.6. The van der Waals surface area contributed by atoms with Crippen LogP contribution in [0.5, 0.6) is 0 Å². The molecular weight excluding hydrogens is 404 g/mol. The smallest absolute Gasteiger partial charge is 0.326 e. The summed E-state index contributed by atoms with van der Waals surface area (Å²) in [6, 6.07) is 13.6. The largest absolute Gasteiger partial charge is 0.480 e. The molecule has 0 aliphatic rings. The Morgan fingerprint density at radius 2 is 1.96 bits per heavy atom. The van der Waals surface area contributed by atoms with Gasteiger partial charge in [0.05, 0.1) is 11.2 Å². The maximum atomic E-state index is 11.9. The van der Waals surface area contributed by atoms with Crippen molar-refractivity contribution in [2.24, 2.45) is 0 Å². The maximum absolute atomic E-state index is 11.9. The van der Waals surface area contributed by atoms with Crippen molar-refractivity contribution in [3.8, 4) is 0 Å². The summed E-state index contributed by atoms with van der Waals surface area (Å²) in [4.78, 5) is 11.9. The van der Waals surface area contributed by atoms with Crippen LogP contribution >= 0.6 is 11.6 Å². The SMILES string of the molecule is CN(OS(=O)O)c1cccc2c1ccn2C(CCc1ccc(Cl)cc1)C(=O)O. The van der Waals surface area contributed by atoms with Crippen molar-refractivity contribution < 1.29 is 22.9 Å². The van der Waals surface area contributed by atoms with Gasteiger partial charge in [-0.1, -0.05) is 29.8 Å². The van der Waals surface area contributed by atoms with Crippen molar-refractivity contribution in [1.29, 1.82) is 0 Å². The molecule has 1 aromatic heterocycles. The number of carboxylic acids is 1. The van der Waals surface area contributed by atoms with Gasteiger partial charge in [-0.3, -0.25) is 4.55 Å². The van der Waals surface area contributed by atoms with Gasteiger partial charge in [-0.25, -0.2) is 9.86 Å². The van der Waals surface area contributed by atoms with Gasteiger partial charge in [-0.2, -0.15) is 4.21 Å². The Hall–Kier alpha value is -2.39. The summed E-state index contributed by atoms with van der Waals surface area (Å²) in [5.41, 5.74) is 2.26. The van der Waals surface area contributed by atoms with Crippen LogP contribution in [0.15, 0.2) is 54.7 Å². The quantitative estimate of drug-likeness (QED) is 0.420. The third kappa shape index (κ3) is 4.53. The molecule has 0 aliphatic heterocycles. The van der Waals surface area contributed by atoms with E-state index in [1.165, 1.54) is 12.1 Å². The van der Waals surface area contributed by atoms with Crippen LogP contribution in [-0.2, 0) is 26.9 Å². The van der Waals surface area contributed by atoms with E-state index in [0.29, 0.717) is 34.5 Å². The zero-order chi connectivity index (χ0) is 20.3. The number of hydroxylamine groups is 1. The van der Waals surface area contributed by atoms with E-state index in [4.69, 9.17) is 20.4 Å². The second kappa shape index (κ2) is 8.74. The Bertz CT molecular complexity index is 1010. The lowest BCUT2D eigenvalue weighted by Crippen LogP contribution is -2.20. The van der Waals surface area contributed by atoms with Gasteiger partial charge in [0.2, 0.25) is 0 Å². The van der Waals surface area contributed by atoms with Gasteiger partial charge in [-0.15, -0.1) is 4.28 Å². The number of aliphatic carboxylic acids is 1. The van der Waals surface area contributed by atoms with Crippen LogP contribution in [0.25, 0.3) is 10.9 Å². The molecule has 1 heterocycles. The molecule has 28 heavy (non-hydrogen) atoms. The highest BCUT2D eigenvalue weighted by Crippen LogP contribution is 2.31. The molecule has 0 saturated carbocycles. The Labute approximate surface area is 169 Å². The Morgan fingerprint density at radius 1 is 1.25 bits per heavy atom. The van der Waals surface area contributed by atoms with Gasteiger partial charge in [0.15, 0.2) is 0 Å². The fraction of sp³-hybridized carbons (Fsp3) is 0.211. The van der Waals surface area contributed by atoms with Crippen molar-refractivity contribution in [3.05, 3.63) is 65.3 Å². The predicted octanol–water partition coefficient (Wildman–Crippen LogP) is 4.06. The van der Waals surface area contributed by atoms with Gasteiger partial charge in [0.1, 0.15) is 6.04 Å². The first kappa shape index (κ1) is 20.3. The van der Waals surface area contributed by atoms with E-state index in [1.807, 2.05) is 12.1 Å². The van der Waals surface area contributed by atoms with Crippen molar-refractivity contribution >= 4 is 45.5 Å². The van der Waals surface area contributed by atoms with Crippen LogP contribution in [0.4, 0.5) is 5.69 Å². The molecule has 0 spiro atoms. The second-order valence-electron chi connectivity index (χ2n) is 6.24. The fourth-order valence-electron chi connectivity index (χ4n) is 3.19. The molecule has 3 rings (SSSR count). The summed E-state index contributed by atoms with van der Waals surface area (Å²) in [7, 11) is 1.51. The van der Waals surface area contributed by atoms with Gasteiger partial charge in [0, 0.05) is 23.7 Å². The molecule has 3 aromatic rings. The number of aryl methyl sites for hydroxylation is 1. The number of benzene rings is 2. The summed E-state index contributed by atoms with van der Waals surface area (Å²) < 4.78 is 26.4. The molecule has 0 amide bonds. The first-order valence-electron chi connectivity index (χ1n) is 8.46. The molecule has 7 nitrogen and oxygen atoms in total. The number of hydrogen-bond acceptors (Lipinski definition) is 4. The molecule has 0 fully saturated rings. The number of aromatic nitrogens is 1. The standard InChI is InChI=1S/C19H19ClN2O5S/c1-21(27-28(25)26)16-3-2-4-17-15(16)11-12-22(17)18(19(23)24)10-7-13-5-8-14(20)9-6-13/h2-6,8-9,11-12,18H,7,10H2,1H3,(H,23,24)(H,25,26). The second-order valence-corrected chi connectivity index (χ2v) is 7.26. The van der Waals surface area contributed by atoms with Crippen molar-refractivity contribution in [3.63, 3.8) is 0 Å². The molecule has 2 atom stereocenters. The lowest BCUT2D eigenvalue weighted by molar-refractivity contribution is -0.141. The lowest BCUT2D eigenvalue weighted by atomic mass is 10.0. The number of anilines is 1. The van der Waals surface area contributed by atoms with E-state index < -0.39 is 23.4 Å². The molecule has 2 unspecified atom stereocenters. The summed E-state index contributed by atoms with van der Waals surface area (Å²) in [6.07, 6.45) is 2.69. The Kier molecular flexibility index (Phi) is 6.35. The van der Waals surface area contributed by atoms with E-state index >= 15 is 0 Å². The predicted molar refractivity (Wildman–Crippen MR) is 109 cm³/mol. The van der Waals surface area contributed by atoms with E-state index in [-0.39, 0.29) is 0 Å². The molecule has 0 aliphatic carbocycles. The molecule has 0 saturated heterocycles. The van der Waals surface area contributed by atoms with Crippen LogP contribution in [0.1, 0.15) is 18.0 Å². The van der Waals surface area contributed by atoms with Crippen LogP contribution in [-0.4, -0.2) is 31.5 Å². The van der Waals surface area contributed by atoms with Crippen molar-refractivity contribution in [2.45, 2.75) is 18.9 Å². The van der Waals surface area contributed by atoms with Crippen LogP contribution < -0.4 is 5.06 Å². The van der Waals surface area contributed by atoms with E-state index in [1.54, 1.807) is 47.2 Å². The topological polar surface area (TPSA) is 92.0 Å². The highest BCUT2D eigenvalue weighted by molar-refractivity contribution is 7.74. The van der Waals surface area contributed by atoms with Crippen LogP contribution in [0.3, 0.4) is 0 Å². The van der Waals surface area contributed by atoms with Crippen molar-refractivity contribution in [2.75, 3.05) is 12.1 Å². The minimum absolute atomic E-state index is 0.401. The number of rotatable bonds is 8. The molecule has 0 bridgehead atoms. The molecular formula is C19H19ClN2O5S. The number of hydrogen-bond donors (Lipinski definition) is 2. The number of carbonyl (C=O) groups is 1. The Morgan fingerprint density at radius 3 is 2.61 bits per heavy atom. The molecule has 2 aromatic carbocycles. The minimum atomic E-state index is -2.46. The average molecular weight is 423 g/mol. The van der Waals surface area contributed by atoms with Gasteiger partial charge >= 0.3 is 17.3 Å². The van der Waals surface area contributed by atoms with E-state index in [9.17, 15) is 14.1 Å². The number of nitrogens with zero attached hydrogens (tertiary/aromatic N) is 2. The lowest BCUT2D eigenvalue weighted by Gasteiger charge is -2.18. The van der Waals surface area contributed by atoms with E-state index in [2.05, 4.69) is 0 Å². The zero-order valence-electron chi connectivity index (χ0n) is 15.0.